The molecule has 1 unspecified atom stereocenters. The fourth-order valence-electron chi connectivity index (χ4n) is 4.33. The summed E-state index contributed by atoms with van der Waals surface area (Å²) in [5, 5.41) is 0. The Morgan fingerprint density at radius 1 is 1.03 bits per heavy atom. The Hall–Kier alpha value is -2.91. The molecule has 0 saturated heterocycles. The lowest BCUT2D eigenvalue weighted by Crippen LogP contribution is -2.47. The summed E-state index contributed by atoms with van der Waals surface area (Å²) in [5.41, 5.74) is -0.292. The number of esters is 1. The Morgan fingerprint density at radius 2 is 1.66 bits per heavy atom. The van der Waals surface area contributed by atoms with Crippen molar-refractivity contribution in [1.29, 1.82) is 0 Å². The van der Waals surface area contributed by atoms with E-state index in [0.29, 0.717) is 30.1 Å². The number of hydrogen-bond acceptors (Lipinski definition) is 6. The number of carbonyl (C=O) groups is 2. The van der Waals surface area contributed by atoms with E-state index in [0.717, 1.165) is 12.8 Å². The fraction of sp³-hybridized carbons (Fsp3) is 0.720. The normalized spacial score (nSPS) is 12.7. The van der Waals surface area contributed by atoms with Crippen LogP contribution in [0.2, 0.25) is 0 Å². The van der Waals surface area contributed by atoms with Gasteiger partial charge < -0.3 is 14.2 Å². The molecular formula is C25H41N5O5. The standard InChI is InChI=1S/C25H41N5O5/c1-9-10-13-28-22-21(23(32)27-25(28)34)29(14-15(2)3)19(26-22)11-12-20(31)35-18(8)24(33)30(16(4)5)17(6)7/h15-18H,9-14H2,1-8H3,(H,27,32,34). The van der Waals surface area contributed by atoms with Gasteiger partial charge in [0.2, 0.25) is 0 Å². The van der Waals surface area contributed by atoms with Crippen LogP contribution >= 0.6 is 0 Å². The molecule has 2 rings (SSSR count). The molecule has 0 fully saturated rings. The molecule has 0 aromatic carbocycles. The molecule has 10 heteroatoms. The number of nitrogens with one attached hydrogen (secondary N) is 1. The highest BCUT2D eigenvalue weighted by Gasteiger charge is 2.28. The summed E-state index contributed by atoms with van der Waals surface area (Å²) in [6.07, 6.45) is 0.986. The summed E-state index contributed by atoms with van der Waals surface area (Å²) < 4.78 is 8.73. The molecule has 0 aliphatic heterocycles. The largest absolute Gasteiger partial charge is 0.453 e. The van der Waals surface area contributed by atoms with Crippen LogP contribution in [0.4, 0.5) is 0 Å². The van der Waals surface area contributed by atoms with Crippen LogP contribution in [0, 0.1) is 5.92 Å². The van der Waals surface area contributed by atoms with E-state index < -0.39 is 23.3 Å². The van der Waals surface area contributed by atoms with E-state index in [1.807, 2.05) is 48.5 Å². The topological polar surface area (TPSA) is 119 Å². The number of hydrogen-bond donors (Lipinski definition) is 1. The van der Waals surface area contributed by atoms with E-state index in [1.54, 1.807) is 16.4 Å². The quantitative estimate of drug-likeness (QED) is 0.456. The lowest BCUT2D eigenvalue weighted by atomic mass is 10.2. The van der Waals surface area contributed by atoms with Gasteiger partial charge in [-0.1, -0.05) is 27.2 Å². The molecule has 1 N–H and O–H groups in total. The van der Waals surface area contributed by atoms with Gasteiger partial charge in [-0.05, 0) is 47.0 Å². The van der Waals surface area contributed by atoms with Crippen molar-refractivity contribution in [2.24, 2.45) is 5.92 Å². The van der Waals surface area contributed by atoms with Crippen LogP contribution in [-0.2, 0) is 33.8 Å². The van der Waals surface area contributed by atoms with Crippen LogP contribution in [-0.4, -0.2) is 54.1 Å². The Labute approximate surface area is 206 Å². The predicted octanol–water partition coefficient (Wildman–Crippen LogP) is 2.85. The Balaban J connectivity index is 2.29. The van der Waals surface area contributed by atoms with Gasteiger partial charge in [0.05, 0.1) is 6.42 Å². The van der Waals surface area contributed by atoms with Crippen LogP contribution in [0.5, 0.6) is 0 Å². The first-order valence-electron chi connectivity index (χ1n) is 12.6. The van der Waals surface area contributed by atoms with Crippen LogP contribution in [0.25, 0.3) is 11.2 Å². The van der Waals surface area contributed by atoms with Gasteiger partial charge >= 0.3 is 11.7 Å². The maximum Gasteiger partial charge on any atom is 0.330 e. The van der Waals surface area contributed by atoms with Gasteiger partial charge in [0, 0.05) is 31.6 Å². The Bertz CT molecular complexity index is 1130. The molecule has 2 aromatic rings. The number of ether oxygens (including phenoxy) is 1. The summed E-state index contributed by atoms with van der Waals surface area (Å²) in [6.45, 7) is 16.3. The number of aromatic nitrogens is 4. The first kappa shape index (κ1) is 28.3. The molecule has 1 amide bonds. The zero-order chi connectivity index (χ0) is 26.4. The van der Waals surface area contributed by atoms with Crippen molar-refractivity contribution >= 4 is 23.0 Å². The minimum absolute atomic E-state index is 0.000505. The molecule has 0 aliphatic carbocycles. The second-order valence-electron chi connectivity index (χ2n) is 10.0. The Morgan fingerprint density at radius 3 is 2.20 bits per heavy atom. The summed E-state index contributed by atoms with van der Waals surface area (Å²) in [4.78, 5) is 59.3. The highest BCUT2D eigenvalue weighted by Crippen LogP contribution is 2.17. The number of amides is 1. The van der Waals surface area contributed by atoms with Crippen molar-refractivity contribution in [2.45, 2.75) is 112 Å². The predicted molar refractivity (Wildman–Crippen MR) is 135 cm³/mol. The van der Waals surface area contributed by atoms with E-state index in [2.05, 4.69) is 9.97 Å². The average Bonchev–Trinajstić information content (AvgIpc) is 3.09. The minimum atomic E-state index is -0.899. The molecule has 0 bridgehead atoms. The van der Waals surface area contributed by atoms with Crippen LogP contribution in [0.15, 0.2) is 9.59 Å². The zero-order valence-electron chi connectivity index (χ0n) is 22.4. The van der Waals surface area contributed by atoms with Gasteiger partial charge in [-0.3, -0.25) is 23.9 Å². The van der Waals surface area contributed by atoms with E-state index in [-0.39, 0.29) is 36.8 Å². The average molecular weight is 492 g/mol. The second-order valence-corrected chi connectivity index (χ2v) is 10.0. The highest BCUT2D eigenvalue weighted by atomic mass is 16.5. The van der Waals surface area contributed by atoms with Gasteiger partial charge in [0.25, 0.3) is 11.5 Å². The molecule has 35 heavy (non-hydrogen) atoms. The summed E-state index contributed by atoms with van der Waals surface area (Å²) in [5.74, 6) is 0.00167. The number of nitrogens with zero attached hydrogens (tertiary/aromatic N) is 4. The van der Waals surface area contributed by atoms with Gasteiger partial charge in [-0.2, -0.15) is 0 Å². The summed E-state index contributed by atoms with van der Waals surface area (Å²) in [6, 6.07) is -0.0222. The zero-order valence-corrected chi connectivity index (χ0v) is 22.4. The van der Waals surface area contributed by atoms with Crippen molar-refractivity contribution in [3.8, 4) is 0 Å². The number of carbonyl (C=O) groups excluding carboxylic acids is 2. The SMILES string of the molecule is CCCCn1c(=O)[nH]c(=O)c2c1nc(CCC(=O)OC(C)C(=O)N(C(C)C)C(C)C)n2CC(C)C. The number of fused-ring (bicyclic) bond motifs is 1. The second kappa shape index (κ2) is 12.2. The third-order valence-corrected chi connectivity index (χ3v) is 5.82. The minimum Gasteiger partial charge on any atom is -0.453 e. The molecule has 10 nitrogen and oxygen atoms in total. The molecule has 1 atom stereocenters. The number of rotatable bonds is 12. The van der Waals surface area contributed by atoms with Crippen molar-refractivity contribution in [3.05, 3.63) is 26.7 Å². The molecule has 0 radical (unpaired) electrons. The monoisotopic (exact) mass is 491 g/mol. The first-order chi connectivity index (χ1) is 16.4. The number of aromatic amines is 1. The molecule has 2 heterocycles. The van der Waals surface area contributed by atoms with Crippen molar-refractivity contribution in [1.82, 2.24) is 24.0 Å². The highest BCUT2D eigenvalue weighted by molar-refractivity contribution is 5.84. The smallest absolute Gasteiger partial charge is 0.330 e. The lowest BCUT2D eigenvalue weighted by Gasteiger charge is -2.32. The van der Waals surface area contributed by atoms with Crippen molar-refractivity contribution < 1.29 is 14.3 Å². The fourth-order valence-corrected chi connectivity index (χ4v) is 4.33. The molecule has 0 saturated carbocycles. The molecule has 2 aromatic heterocycles. The van der Waals surface area contributed by atoms with Gasteiger partial charge in [0.15, 0.2) is 17.3 Å². The van der Waals surface area contributed by atoms with Gasteiger partial charge in [-0.25, -0.2) is 9.78 Å². The van der Waals surface area contributed by atoms with E-state index >= 15 is 0 Å². The maximum atomic E-state index is 12.8. The third kappa shape index (κ3) is 6.82. The molecule has 0 aliphatic rings. The number of aryl methyl sites for hydroxylation is 2. The number of imidazole rings is 1. The summed E-state index contributed by atoms with van der Waals surface area (Å²) >= 11 is 0. The summed E-state index contributed by atoms with van der Waals surface area (Å²) in [7, 11) is 0. The van der Waals surface area contributed by atoms with Crippen LogP contribution in [0.3, 0.4) is 0 Å². The lowest BCUT2D eigenvalue weighted by molar-refractivity contribution is -0.161. The number of H-pyrrole nitrogens is 1. The van der Waals surface area contributed by atoms with Crippen molar-refractivity contribution in [2.75, 3.05) is 0 Å². The van der Waals surface area contributed by atoms with Gasteiger partial charge in [-0.15, -0.1) is 0 Å². The Kier molecular flexibility index (Phi) is 9.85. The van der Waals surface area contributed by atoms with Crippen LogP contribution in [0.1, 0.15) is 80.5 Å². The third-order valence-electron chi connectivity index (χ3n) is 5.82. The molecule has 196 valence electrons. The van der Waals surface area contributed by atoms with E-state index in [1.165, 1.54) is 4.57 Å². The van der Waals surface area contributed by atoms with Crippen molar-refractivity contribution in [3.63, 3.8) is 0 Å². The van der Waals surface area contributed by atoms with Crippen LogP contribution < -0.4 is 11.2 Å². The number of unbranched alkanes of at least 4 members (excludes halogenated alkanes) is 1. The molecule has 0 spiro atoms. The first-order valence-corrected chi connectivity index (χ1v) is 12.6. The van der Waals surface area contributed by atoms with E-state index in [4.69, 9.17) is 4.74 Å². The molecular weight excluding hydrogens is 450 g/mol. The van der Waals surface area contributed by atoms with E-state index in [9.17, 15) is 19.2 Å². The van der Waals surface area contributed by atoms with Gasteiger partial charge in [0.1, 0.15) is 5.82 Å². The maximum absolute atomic E-state index is 12.8.